The van der Waals surface area contributed by atoms with Gasteiger partial charge in [-0.25, -0.2) is 4.39 Å². The first-order valence-corrected chi connectivity index (χ1v) is 5.19. The normalized spacial score (nSPS) is 17.9. The fourth-order valence-corrected chi connectivity index (χ4v) is 1.71. The quantitative estimate of drug-likeness (QED) is 0.905. The molecule has 1 aliphatic carbocycles. The summed E-state index contributed by atoms with van der Waals surface area (Å²) in [5, 5.41) is 9.03. The highest BCUT2D eigenvalue weighted by molar-refractivity contribution is 9.10. The Morgan fingerprint density at radius 3 is 2.64 bits per heavy atom. The van der Waals surface area contributed by atoms with Gasteiger partial charge in [-0.3, -0.25) is 0 Å². The van der Waals surface area contributed by atoms with Crippen molar-refractivity contribution >= 4 is 15.9 Å². The molecule has 0 amide bonds. The molecule has 14 heavy (non-hydrogen) atoms. The van der Waals surface area contributed by atoms with Crippen LogP contribution in [0.2, 0.25) is 0 Å². The van der Waals surface area contributed by atoms with Gasteiger partial charge in [0.1, 0.15) is 17.2 Å². The third kappa shape index (κ3) is 2.07. The lowest BCUT2D eigenvalue weighted by molar-refractivity contribution is 0.0950. The van der Waals surface area contributed by atoms with Gasteiger partial charge in [-0.05, 0) is 25.0 Å². The van der Waals surface area contributed by atoms with Crippen LogP contribution in [0, 0.1) is 5.82 Å². The van der Waals surface area contributed by atoms with Gasteiger partial charge in [0.15, 0.2) is 0 Å². The summed E-state index contributed by atoms with van der Waals surface area (Å²) >= 11 is 3.18. The van der Waals surface area contributed by atoms with Crippen molar-refractivity contribution in [2.45, 2.75) is 18.4 Å². The molecule has 1 aromatic carbocycles. The van der Waals surface area contributed by atoms with E-state index in [-0.39, 0.29) is 12.4 Å². The van der Waals surface area contributed by atoms with Crippen LogP contribution in [-0.4, -0.2) is 17.3 Å². The maximum atomic E-state index is 13.0. The van der Waals surface area contributed by atoms with E-state index in [1.807, 2.05) is 0 Å². The number of aliphatic hydroxyl groups is 1. The minimum absolute atomic E-state index is 0.0128. The van der Waals surface area contributed by atoms with Crippen molar-refractivity contribution in [2.24, 2.45) is 0 Å². The number of ether oxygens (including phenoxy) is 1. The van der Waals surface area contributed by atoms with E-state index < -0.39 is 5.60 Å². The summed E-state index contributed by atoms with van der Waals surface area (Å²) in [4.78, 5) is 0. The van der Waals surface area contributed by atoms with Gasteiger partial charge in [-0.2, -0.15) is 0 Å². The molecule has 0 saturated heterocycles. The molecule has 1 aromatic rings. The molecule has 0 unspecified atom stereocenters. The molecule has 0 atom stereocenters. The Hall–Kier alpha value is -0.610. The smallest absolute Gasteiger partial charge is 0.132 e. The highest BCUT2D eigenvalue weighted by atomic mass is 79.9. The number of benzene rings is 1. The van der Waals surface area contributed by atoms with E-state index in [2.05, 4.69) is 15.9 Å². The Balaban J connectivity index is 2.16. The molecule has 0 radical (unpaired) electrons. The van der Waals surface area contributed by atoms with Crippen molar-refractivity contribution in [2.75, 3.05) is 6.61 Å². The zero-order valence-electron chi connectivity index (χ0n) is 7.46. The fourth-order valence-electron chi connectivity index (χ4n) is 1.27. The molecule has 76 valence electrons. The van der Waals surface area contributed by atoms with Crippen LogP contribution < -0.4 is 4.74 Å². The molecule has 0 heterocycles. The third-order valence-electron chi connectivity index (χ3n) is 2.27. The molecule has 2 rings (SSSR count). The highest BCUT2D eigenvalue weighted by Gasteiger charge is 2.45. The summed E-state index contributed by atoms with van der Waals surface area (Å²) < 4.78 is 19.1. The lowest BCUT2D eigenvalue weighted by atomic mass is 10.3. The van der Waals surface area contributed by atoms with Crippen LogP contribution in [0.1, 0.15) is 12.8 Å². The molecule has 2 nitrogen and oxygen atoms in total. The van der Waals surface area contributed by atoms with Gasteiger partial charge >= 0.3 is 0 Å². The average molecular weight is 261 g/mol. The average Bonchev–Trinajstić information content (AvgIpc) is 2.83. The van der Waals surface area contributed by atoms with Gasteiger partial charge in [0, 0.05) is 10.5 Å². The molecule has 1 N–H and O–H groups in total. The SMILES string of the molecule is OCC1(Oc2cc(F)cc(Br)c2)CC1. The Bertz CT molecular complexity index is 330. The van der Waals surface area contributed by atoms with Crippen molar-refractivity contribution in [3.63, 3.8) is 0 Å². The summed E-state index contributed by atoms with van der Waals surface area (Å²) in [5.41, 5.74) is -0.451. The third-order valence-corrected chi connectivity index (χ3v) is 2.72. The van der Waals surface area contributed by atoms with Gasteiger partial charge in [0.05, 0.1) is 6.61 Å². The van der Waals surface area contributed by atoms with Crippen LogP contribution in [0.25, 0.3) is 0 Å². The molecular formula is C10H10BrFO2. The van der Waals surface area contributed by atoms with Gasteiger partial charge in [0.2, 0.25) is 0 Å². The summed E-state index contributed by atoms with van der Waals surface area (Å²) in [5.74, 6) is 0.117. The Kier molecular flexibility index (Phi) is 2.49. The molecule has 4 heteroatoms. The molecule has 0 spiro atoms. The number of halogens is 2. The molecule has 0 bridgehead atoms. The summed E-state index contributed by atoms with van der Waals surface area (Å²) in [6.07, 6.45) is 1.66. The van der Waals surface area contributed by atoms with Gasteiger partial charge < -0.3 is 9.84 Å². The lowest BCUT2D eigenvalue weighted by Crippen LogP contribution is -2.22. The number of rotatable bonds is 3. The van der Waals surface area contributed by atoms with Crippen molar-refractivity contribution in [1.29, 1.82) is 0 Å². The molecule has 1 fully saturated rings. The predicted molar refractivity (Wildman–Crippen MR) is 53.8 cm³/mol. The zero-order chi connectivity index (χ0) is 10.2. The minimum atomic E-state index is -0.451. The van der Waals surface area contributed by atoms with Crippen LogP contribution in [0.3, 0.4) is 0 Å². The minimum Gasteiger partial charge on any atom is -0.485 e. The van der Waals surface area contributed by atoms with E-state index in [9.17, 15) is 4.39 Å². The molecule has 0 aliphatic heterocycles. The first-order valence-electron chi connectivity index (χ1n) is 4.40. The largest absolute Gasteiger partial charge is 0.485 e. The standard InChI is InChI=1S/C10H10BrFO2/c11-7-3-8(12)5-9(4-7)14-10(6-13)1-2-10/h3-5,13H,1-2,6H2. The van der Waals surface area contributed by atoms with Crippen molar-refractivity contribution in [3.8, 4) is 5.75 Å². The number of hydrogen-bond acceptors (Lipinski definition) is 2. The molecule has 1 saturated carbocycles. The topological polar surface area (TPSA) is 29.5 Å². The fraction of sp³-hybridized carbons (Fsp3) is 0.400. The maximum Gasteiger partial charge on any atom is 0.132 e. The summed E-state index contributed by atoms with van der Waals surface area (Å²) in [7, 11) is 0. The van der Waals surface area contributed by atoms with Gasteiger partial charge in [-0.15, -0.1) is 0 Å². The van der Waals surface area contributed by atoms with E-state index in [1.54, 1.807) is 6.07 Å². The lowest BCUT2D eigenvalue weighted by Gasteiger charge is -2.15. The second kappa shape index (κ2) is 3.51. The maximum absolute atomic E-state index is 13.0. The molecule has 1 aliphatic rings. The number of hydrogen-bond donors (Lipinski definition) is 1. The Morgan fingerprint density at radius 1 is 1.43 bits per heavy atom. The molecule has 0 aromatic heterocycles. The van der Waals surface area contributed by atoms with Gasteiger partial charge in [-0.1, -0.05) is 15.9 Å². The second-order valence-corrected chi connectivity index (χ2v) is 4.46. The predicted octanol–water partition coefficient (Wildman–Crippen LogP) is 2.49. The molecular weight excluding hydrogens is 251 g/mol. The first-order chi connectivity index (χ1) is 6.63. The van der Waals surface area contributed by atoms with Crippen molar-refractivity contribution in [3.05, 3.63) is 28.5 Å². The monoisotopic (exact) mass is 260 g/mol. The van der Waals surface area contributed by atoms with Crippen molar-refractivity contribution in [1.82, 2.24) is 0 Å². The number of aliphatic hydroxyl groups excluding tert-OH is 1. The van der Waals surface area contributed by atoms with Crippen LogP contribution >= 0.6 is 15.9 Å². The second-order valence-electron chi connectivity index (χ2n) is 3.55. The van der Waals surface area contributed by atoms with E-state index in [1.165, 1.54) is 12.1 Å². The van der Waals surface area contributed by atoms with Gasteiger partial charge in [0.25, 0.3) is 0 Å². The van der Waals surface area contributed by atoms with E-state index in [4.69, 9.17) is 9.84 Å². The van der Waals surface area contributed by atoms with E-state index >= 15 is 0 Å². The summed E-state index contributed by atoms with van der Waals surface area (Å²) in [6.45, 7) is -0.0128. The van der Waals surface area contributed by atoms with Crippen LogP contribution in [0.4, 0.5) is 4.39 Å². The Labute approximate surface area is 89.8 Å². The van der Waals surface area contributed by atoms with E-state index in [0.717, 1.165) is 12.8 Å². The highest BCUT2D eigenvalue weighted by Crippen LogP contribution is 2.40. The van der Waals surface area contributed by atoms with E-state index in [0.29, 0.717) is 10.2 Å². The van der Waals surface area contributed by atoms with Crippen LogP contribution in [0.5, 0.6) is 5.75 Å². The zero-order valence-corrected chi connectivity index (χ0v) is 9.05. The summed E-state index contributed by atoms with van der Waals surface area (Å²) in [6, 6.07) is 4.38. The van der Waals surface area contributed by atoms with Crippen LogP contribution in [0.15, 0.2) is 22.7 Å². The first kappa shape index (κ1) is 9.93. The Morgan fingerprint density at radius 2 is 2.14 bits per heavy atom. The van der Waals surface area contributed by atoms with Crippen LogP contribution in [-0.2, 0) is 0 Å². The van der Waals surface area contributed by atoms with Crippen molar-refractivity contribution < 1.29 is 14.2 Å².